The van der Waals surface area contributed by atoms with E-state index in [1.165, 1.54) is 32.1 Å². The van der Waals surface area contributed by atoms with E-state index in [2.05, 4.69) is 19.1 Å². The van der Waals surface area contributed by atoms with E-state index >= 15 is 0 Å². The van der Waals surface area contributed by atoms with Crippen molar-refractivity contribution in [3.05, 3.63) is 12.2 Å². The fourth-order valence-corrected chi connectivity index (χ4v) is 5.37. The second-order valence-electron chi connectivity index (χ2n) is 9.36. The van der Waals surface area contributed by atoms with Crippen molar-refractivity contribution in [1.82, 2.24) is 0 Å². The maximum absolute atomic E-state index is 12.2. The topological polar surface area (TPSA) is 115 Å². The molecule has 0 aliphatic rings. The monoisotopic (exact) mass is 483 g/mol. The summed E-state index contributed by atoms with van der Waals surface area (Å²) in [4.78, 5) is 36.4. The first-order valence-corrected chi connectivity index (χ1v) is 13.4. The van der Waals surface area contributed by atoms with Crippen LogP contribution in [-0.4, -0.2) is 57.3 Å². The Morgan fingerprint density at radius 3 is 1.44 bits per heavy atom. The number of quaternary nitrogens is 1. The van der Waals surface area contributed by atoms with Gasteiger partial charge < -0.3 is 20.1 Å². The van der Waals surface area contributed by atoms with E-state index in [0.717, 1.165) is 32.1 Å². The van der Waals surface area contributed by atoms with Crippen LogP contribution in [0.4, 0.5) is 0 Å². The maximum atomic E-state index is 12.2. The molecule has 0 fully saturated rings. The number of aliphatic carboxylic acids is 3. The van der Waals surface area contributed by atoms with Gasteiger partial charge in [0, 0.05) is 19.3 Å². The summed E-state index contributed by atoms with van der Waals surface area (Å²) >= 11 is 0. The molecule has 0 radical (unpaired) electrons. The molecule has 0 amide bonds. The van der Waals surface area contributed by atoms with Gasteiger partial charge in [-0.3, -0.25) is 4.48 Å². The van der Waals surface area contributed by atoms with Gasteiger partial charge in [0.2, 0.25) is 0 Å². The zero-order valence-electron chi connectivity index (χ0n) is 22.0. The molecule has 7 nitrogen and oxygen atoms in total. The third kappa shape index (κ3) is 10.2. The first-order chi connectivity index (χ1) is 16.2. The summed E-state index contributed by atoms with van der Waals surface area (Å²) in [6.45, 7) is 7.44. The normalized spacial score (nSPS) is 16.1. The number of hydrogen-bond acceptors (Lipinski definition) is 4. The molecule has 0 heterocycles. The Labute approximate surface area is 206 Å². The zero-order valence-corrected chi connectivity index (χ0v) is 22.0. The minimum atomic E-state index is -1.37. The van der Waals surface area contributed by atoms with Crippen LogP contribution in [0, 0.1) is 0 Å². The summed E-state index contributed by atoms with van der Waals surface area (Å²) < 4.78 is -0.478. The van der Waals surface area contributed by atoms with Crippen LogP contribution in [0.5, 0.6) is 0 Å². The van der Waals surface area contributed by atoms with Crippen molar-refractivity contribution >= 4 is 17.9 Å². The molecule has 34 heavy (non-hydrogen) atoms. The van der Waals surface area contributed by atoms with Crippen molar-refractivity contribution in [2.45, 2.75) is 136 Å². The van der Waals surface area contributed by atoms with Gasteiger partial charge in [0.15, 0.2) is 12.1 Å². The Hall–Kier alpha value is -1.89. The number of unbranched alkanes of at least 4 members (excludes halogenated alkanes) is 9. The summed E-state index contributed by atoms with van der Waals surface area (Å²) in [7, 11) is 0. The highest BCUT2D eigenvalue weighted by atomic mass is 16.4. The van der Waals surface area contributed by atoms with E-state index in [1.54, 1.807) is 20.8 Å². The molecule has 0 aliphatic carbocycles. The van der Waals surface area contributed by atoms with Crippen molar-refractivity contribution in [1.29, 1.82) is 0 Å². The van der Waals surface area contributed by atoms with Gasteiger partial charge in [0.1, 0.15) is 6.04 Å². The number of rotatable bonds is 22. The van der Waals surface area contributed by atoms with Crippen LogP contribution in [0.2, 0.25) is 0 Å². The Morgan fingerprint density at radius 2 is 1.09 bits per heavy atom. The van der Waals surface area contributed by atoms with Crippen LogP contribution in [0.1, 0.15) is 118 Å². The minimum Gasteiger partial charge on any atom is -0.544 e. The third-order valence-corrected chi connectivity index (χ3v) is 7.05. The summed E-state index contributed by atoms with van der Waals surface area (Å²) in [5, 5.41) is 31.9. The van der Waals surface area contributed by atoms with Crippen LogP contribution in [-0.2, 0) is 14.4 Å². The summed E-state index contributed by atoms with van der Waals surface area (Å²) in [6, 6.07) is -3.39. The number of nitrogens with zero attached hydrogens (tertiary/aromatic N) is 1. The molecule has 198 valence electrons. The highest BCUT2D eigenvalue weighted by Crippen LogP contribution is 2.32. The molecule has 0 saturated heterocycles. The molecule has 0 aromatic carbocycles. The van der Waals surface area contributed by atoms with Gasteiger partial charge in [-0.15, -0.1) is 0 Å². The Balaban J connectivity index is 5.13. The maximum Gasteiger partial charge on any atom is 0.362 e. The molecule has 3 unspecified atom stereocenters. The highest BCUT2D eigenvalue weighted by Gasteiger charge is 2.53. The molecule has 3 atom stereocenters. The second-order valence-corrected chi connectivity index (χ2v) is 9.36. The molecule has 0 aliphatic heterocycles. The van der Waals surface area contributed by atoms with Crippen LogP contribution < -0.4 is 5.11 Å². The fraction of sp³-hybridized carbons (Fsp3) is 0.815. The average molecular weight is 484 g/mol. The zero-order chi connectivity index (χ0) is 26.0. The minimum absolute atomic E-state index is 0.124. The Kier molecular flexibility index (Phi) is 17.4. The second kappa shape index (κ2) is 18.4. The largest absolute Gasteiger partial charge is 0.544 e. The van der Waals surface area contributed by atoms with Crippen LogP contribution in [0.3, 0.4) is 0 Å². The predicted molar refractivity (Wildman–Crippen MR) is 133 cm³/mol. The van der Waals surface area contributed by atoms with Crippen molar-refractivity contribution in [3.8, 4) is 0 Å². The number of hydrogen-bond donors (Lipinski definition) is 2. The Morgan fingerprint density at radius 1 is 0.676 bits per heavy atom. The van der Waals surface area contributed by atoms with Crippen LogP contribution >= 0.6 is 0 Å². The lowest BCUT2D eigenvalue weighted by molar-refractivity contribution is -0.974. The summed E-state index contributed by atoms with van der Waals surface area (Å²) in [6.07, 6.45) is 16.7. The van der Waals surface area contributed by atoms with Crippen molar-refractivity contribution in [2.75, 3.05) is 6.54 Å². The van der Waals surface area contributed by atoms with E-state index in [4.69, 9.17) is 0 Å². The van der Waals surface area contributed by atoms with Gasteiger partial charge in [0.05, 0.1) is 12.5 Å². The number of carbonyl (C=O) groups excluding carboxylic acids is 1. The number of allylic oxidation sites excluding steroid dienone is 2. The van der Waals surface area contributed by atoms with Gasteiger partial charge in [-0.2, -0.15) is 0 Å². The van der Waals surface area contributed by atoms with Gasteiger partial charge in [-0.25, -0.2) is 9.59 Å². The lowest BCUT2D eigenvalue weighted by Crippen LogP contribution is -2.73. The highest BCUT2D eigenvalue weighted by molar-refractivity contribution is 5.77. The van der Waals surface area contributed by atoms with E-state index in [-0.39, 0.29) is 25.8 Å². The van der Waals surface area contributed by atoms with E-state index in [0.29, 0.717) is 6.42 Å². The van der Waals surface area contributed by atoms with Gasteiger partial charge in [-0.05, 0) is 38.5 Å². The molecule has 0 aromatic rings. The molecule has 0 spiro atoms. The third-order valence-electron chi connectivity index (χ3n) is 7.05. The van der Waals surface area contributed by atoms with Crippen LogP contribution in [0.15, 0.2) is 12.2 Å². The molecule has 0 saturated carbocycles. The van der Waals surface area contributed by atoms with Crippen molar-refractivity contribution in [3.63, 3.8) is 0 Å². The molecule has 7 heteroatoms. The van der Waals surface area contributed by atoms with E-state index in [1.807, 2.05) is 0 Å². The van der Waals surface area contributed by atoms with Crippen molar-refractivity contribution < 1.29 is 34.2 Å². The Bertz CT molecular complexity index is 563. The molecule has 0 aromatic heterocycles. The molecular weight excluding hydrogens is 434 g/mol. The van der Waals surface area contributed by atoms with E-state index < -0.39 is 40.5 Å². The molecular formula is C27H49NO6. The van der Waals surface area contributed by atoms with Gasteiger partial charge >= 0.3 is 11.9 Å². The number of carboxylic acid groups (broad SMARTS) is 3. The number of carbonyl (C=O) groups is 3. The number of carboxylic acids is 3. The average Bonchev–Trinajstić information content (AvgIpc) is 2.77. The predicted octanol–water partition coefficient (Wildman–Crippen LogP) is 4.93. The van der Waals surface area contributed by atoms with Crippen molar-refractivity contribution in [2.24, 2.45) is 0 Å². The molecule has 2 N–H and O–H groups in total. The van der Waals surface area contributed by atoms with Crippen LogP contribution in [0.25, 0.3) is 0 Å². The quantitative estimate of drug-likeness (QED) is 0.128. The van der Waals surface area contributed by atoms with E-state index in [9.17, 15) is 29.7 Å². The SMILES string of the molecule is CCCCCCC/C=C/CCCCCC[N+](C(CC)C(=O)[O-])(C(CC)C(=O)O)C(CC)C(=O)O. The summed E-state index contributed by atoms with van der Waals surface area (Å²) in [5.74, 6) is -3.68. The molecule has 0 rings (SSSR count). The molecule has 0 bridgehead atoms. The standard InChI is InChI=1S/C27H49NO6/c1-5-9-10-11-12-13-14-15-16-17-18-19-20-21-28(22(6-2)25(29)30,23(7-3)26(31)32)24(8-4)27(33)34/h14-15,22-24H,5-13,16-21H2,1-4H3,(H2-,29,30,31,32,33,34)/b15-14+. The first kappa shape index (κ1) is 32.1. The lowest BCUT2D eigenvalue weighted by Gasteiger charge is -2.51. The summed E-state index contributed by atoms with van der Waals surface area (Å²) in [5.41, 5.74) is 0. The van der Waals surface area contributed by atoms with Gasteiger partial charge in [0.25, 0.3) is 0 Å². The lowest BCUT2D eigenvalue weighted by atomic mass is 9.94. The smallest absolute Gasteiger partial charge is 0.362 e. The van der Waals surface area contributed by atoms with Gasteiger partial charge in [-0.1, -0.05) is 72.0 Å². The fourth-order valence-electron chi connectivity index (χ4n) is 5.37. The first-order valence-electron chi connectivity index (χ1n) is 13.4.